The first kappa shape index (κ1) is 13.1. The second-order valence-corrected chi connectivity index (χ2v) is 4.00. The van der Waals surface area contributed by atoms with Crippen LogP contribution in [0.5, 0.6) is 5.75 Å². The van der Waals surface area contributed by atoms with E-state index >= 15 is 0 Å². The van der Waals surface area contributed by atoms with E-state index in [-0.39, 0.29) is 11.5 Å². The van der Waals surface area contributed by atoms with Gasteiger partial charge in [-0.15, -0.1) is 0 Å². The Morgan fingerprint density at radius 1 is 1.37 bits per heavy atom. The molecule has 1 heterocycles. The summed E-state index contributed by atoms with van der Waals surface area (Å²) < 4.78 is 5.02. The van der Waals surface area contributed by atoms with Crippen molar-refractivity contribution in [3.8, 4) is 5.75 Å². The summed E-state index contributed by atoms with van der Waals surface area (Å²) in [5, 5.41) is 3.03. The van der Waals surface area contributed by atoms with E-state index in [2.05, 4.69) is 15.3 Å². The fourth-order valence-electron chi connectivity index (χ4n) is 1.46. The number of hydrogen-bond donors (Lipinski definition) is 2. The maximum atomic E-state index is 11.9. The second kappa shape index (κ2) is 5.53. The average molecular weight is 279 g/mol. The van der Waals surface area contributed by atoms with Crippen molar-refractivity contribution in [1.82, 2.24) is 9.97 Å². The van der Waals surface area contributed by atoms with Crippen molar-refractivity contribution >= 4 is 29.0 Å². The Kier molecular flexibility index (Phi) is 3.82. The first-order valence-corrected chi connectivity index (χ1v) is 5.71. The second-order valence-electron chi connectivity index (χ2n) is 3.59. The van der Waals surface area contributed by atoms with Crippen LogP contribution in [0.15, 0.2) is 30.6 Å². The van der Waals surface area contributed by atoms with Crippen LogP contribution in [-0.4, -0.2) is 23.0 Å². The zero-order chi connectivity index (χ0) is 13.8. The molecule has 6 nitrogen and oxygen atoms in total. The highest BCUT2D eigenvalue weighted by molar-refractivity contribution is 6.32. The number of nitrogen functional groups attached to an aromatic ring is 1. The van der Waals surface area contributed by atoms with Gasteiger partial charge in [-0.25, -0.2) is 9.97 Å². The number of ether oxygens (including phenoxy) is 1. The number of carbonyl (C=O) groups is 1. The largest absolute Gasteiger partial charge is 0.495 e. The SMILES string of the molecule is COc1ccc(NC(=O)c2nccnc2N)cc1Cl. The Bertz CT molecular complexity index is 618. The number of halogens is 1. The standard InChI is InChI=1S/C12H11ClN4O2/c1-19-9-3-2-7(6-8(9)13)17-12(18)10-11(14)16-5-4-15-10/h2-6H,1H3,(H2,14,16)(H,17,18). The molecule has 98 valence electrons. The van der Waals surface area contributed by atoms with Crippen LogP contribution >= 0.6 is 11.6 Å². The lowest BCUT2D eigenvalue weighted by Crippen LogP contribution is -2.16. The number of methoxy groups -OCH3 is 1. The van der Waals surface area contributed by atoms with Gasteiger partial charge >= 0.3 is 0 Å². The average Bonchev–Trinajstić information content (AvgIpc) is 2.39. The number of amides is 1. The fraction of sp³-hybridized carbons (Fsp3) is 0.0833. The number of hydrogen-bond acceptors (Lipinski definition) is 5. The molecule has 0 unspecified atom stereocenters. The van der Waals surface area contributed by atoms with Crippen molar-refractivity contribution in [2.75, 3.05) is 18.2 Å². The van der Waals surface area contributed by atoms with Crippen molar-refractivity contribution in [3.63, 3.8) is 0 Å². The summed E-state index contributed by atoms with van der Waals surface area (Å²) in [4.78, 5) is 19.6. The van der Waals surface area contributed by atoms with E-state index in [1.54, 1.807) is 18.2 Å². The highest BCUT2D eigenvalue weighted by Gasteiger charge is 2.12. The fourth-order valence-corrected chi connectivity index (χ4v) is 1.72. The Balaban J connectivity index is 2.20. The van der Waals surface area contributed by atoms with Crippen LogP contribution in [0, 0.1) is 0 Å². The number of benzene rings is 1. The van der Waals surface area contributed by atoms with Crippen LogP contribution < -0.4 is 15.8 Å². The number of nitrogens with one attached hydrogen (secondary N) is 1. The number of nitrogens with two attached hydrogens (primary N) is 1. The molecule has 0 atom stereocenters. The van der Waals surface area contributed by atoms with E-state index in [9.17, 15) is 4.79 Å². The molecular formula is C12H11ClN4O2. The number of carbonyl (C=O) groups excluding carboxylic acids is 1. The monoisotopic (exact) mass is 278 g/mol. The van der Waals surface area contributed by atoms with Crippen molar-refractivity contribution in [1.29, 1.82) is 0 Å². The maximum absolute atomic E-state index is 11.9. The first-order chi connectivity index (χ1) is 9.11. The molecule has 1 aromatic heterocycles. The first-order valence-electron chi connectivity index (χ1n) is 5.33. The summed E-state index contributed by atoms with van der Waals surface area (Å²) in [5.41, 5.74) is 6.15. The molecule has 0 saturated carbocycles. The number of anilines is 2. The van der Waals surface area contributed by atoms with Crippen molar-refractivity contribution < 1.29 is 9.53 Å². The van der Waals surface area contributed by atoms with Gasteiger partial charge in [0.25, 0.3) is 5.91 Å². The Morgan fingerprint density at radius 3 is 2.74 bits per heavy atom. The summed E-state index contributed by atoms with van der Waals surface area (Å²) in [7, 11) is 1.51. The number of nitrogens with zero attached hydrogens (tertiary/aromatic N) is 2. The Labute approximate surface area is 114 Å². The van der Waals surface area contributed by atoms with Gasteiger partial charge in [0.15, 0.2) is 11.5 Å². The van der Waals surface area contributed by atoms with Crippen LogP contribution in [-0.2, 0) is 0 Å². The van der Waals surface area contributed by atoms with Crippen molar-refractivity contribution in [2.45, 2.75) is 0 Å². The zero-order valence-corrected chi connectivity index (χ0v) is 10.8. The molecule has 3 N–H and O–H groups in total. The minimum atomic E-state index is -0.452. The highest BCUT2D eigenvalue weighted by Crippen LogP contribution is 2.27. The van der Waals surface area contributed by atoms with Gasteiger partial charge in [0.05, 0.1) is 12.1 Å². The van der Waals surface area contributed by atoms with Gasteiger partial charge in [-0.05, 0) is 18.2 Å². The Hall–Kier alpha value is -2.34. The molecule has 2 rings (SSSR count). The summed E-state index contributed by atoms with van der Waals surface area (Å²) in [6, 6.07) is 4.89. The van der Waals surface area contributed by atoms with Gasteiger partial charge < -0.3 is 15.8 Å². The van der Waals surface area contributed by atoms with Gasteiger partial charge in [0, 0.05) is 18.1 Å². The summed E-state index contributed by atoms with van der Waals surface area (Å²) in [6.07, 6.45) is 2.81. The molecule has 0 aliphatic rings. The zero-order valence-electron chi connectivity index (χ0n) is 10.1. The highest BCUT2D eigenvalue weighted by atomic mass is 35.5. The van der Waals surface area contributed by atoms with E-state index in [1.807, 2.05) is 0 Å². The van der Waals surface area contributed by atoms with E-state index in [4.69, 9.17) is 22.1 Å². The van der Waals surface area contributed by atoms with Crippen LogP contribution in [0.25, 0.3) is 0 Å². The van der Waals surface area contributed by atoms with Gasteiger partial charge in [0.1, 0.15) is 5.75 Å². The summed E-state index contributed by atoms with van der Waals surface area (Å²) >= 11 is 5.96. The predicted molar refractivity (Wildman–Crippen MR) is 72.4 cm³/mol. The molecule has 0 radical (unpaired) electrons. The molecule has 2 aromatic rings. The smallest absolute Gasteiger partial charge is 0.278 e. The molecule has 0 spiro atoms. The number of aromatic nitrogens is 2. The van der Waals surface area contributed by atoms with Gasteiger partial charge in [-0.3, -0.25) is 4.79 Å². The molecule has 0 aliphatic heterocycles. The van der Waals surface area contributed by atoms with Gasteiger partial charge in [-0.1, -0.05) is 11.6 Å². The molecule has 0 bridgehead atoms. The number of rotatable bonds is 3. The molecule has 0 fully saturated rings. The molecule has 1 amide bonds. The third kappa shape index (κ3) is 2.92. The van der Waals surface area contributed by atoms with Crippen molar-refractivity contribution in [3.05, 3.63) is 41.3 Å². The molecule has 0 saturated heterocycles. The van der Waals surface area contributed by atoms with Crippen LogP contribution in [0.2, 0.25) is 5.02 Å². The summed E-state index contributed by atoms with van der Waals surface area (Å²) in [6.45, 7) is 0. The van der Waals surface area contributed by atoms with Crippen molar-refractivity contribution in [2.24, 2.45) is 0 Å². The lowest BCUT2D eigenvalue weighted by Gasteiger charge is -2.08. The topological polar surface area (TPSA) is 90.1 Å². The van der Waals surface area contributed by atoms with E-state index in [0.29, 0.717) is 16.5 Å². The van der Waals surface area contributed by atoms with E-state index in [0.717, 1.165) is 0 Å². The normalized spacial score (nSPS) is 10.0. The molecular weight excluding hydrogens is 268 g/mol. The van der Waals surface area contributed by atoms with Gasteiger partial charge in [0.2, 0.25) is 0 Å². The molecule has 7 heteroatoms. The third-order valence-electron chi connectivity index (χ3n) is 2.35. The predicted octanol–water partition coefficient (Wildman–Crippen LogP) is 1.97. The van der Waals surface area contributed by atoms with Crippen LogP contribution in [0.4, 0.5) is 11.5 Å². The van der Waals surface area contributed by atoms with Gasteiger partial charge in [-0.2, -0.15) is 0 Å². The molecule has 19 heavy (non-hydrogen) atoms. The van der Waals surface area contributed by atoms with Crippen LogP contribution in [0.1, 0.15) is 10.5 Å². The maximum Gasteiger partial charge on any atom is 0.278 e. The molecule has 0 aliphatic carbocycles. The minimum absolute atomic E-state index is 0.0643. The minimum Gasteiger partial charge on any atom is -0.495 e. The lowest BCUT2D eigenvalue weighted by atomic mass is 10.3. The Morgan fingerprint density at radius 2 is 2.11 bits per heavy atom. The van der Waals surface area contributed by atoms with E-state index < -0.39 is 5.91 Å². The third-order valence-corrected chi connectivity index (χ3v) is 2.65. The quantitative estimate of drug-likeness (QED) is 0.896. The van der Waals surface area contributed by atoms with E-state index in [1.165, 1.54) is 19.5 Å². The summed E-state index contributed by atoms with van der Waals surface area (Å²) in [5.74, 6) is 0.144. The van der Waals surface area contributed by atoms with Crippen LogP contribution in [0.3, 0.4) is 0 Å². The lowest BCUT2D eigenvalue weighted by molar-refractivity contribution is 0.102. The molecule has 1 aromatic carbocycles.